The van der Waals surface area contributed by atoms with E-state index < -0.39 is 42.9 Å². The zero-order valence-electron chi connectivity index (χ0n) is 12.6. The monoisotopic (exact) mass is 373 g/mol. The summed E-state index contributed by atoms with van der Waals surface area (Å²) >= 11 is 0. The van der Waals surface area contributed by atoms with Crippen LogP contribution in [0.15, 0.2) is 12.3 Å². The van der Waals surface area contributed by atoms with Crippen molar-refractivity contribution < 1.29 is 40.6 Å². The third-order valence-electron chi connectivity index (χ3n) is 3.19. The lowest BCUT2D eigenvalue weighted by molar-refractivity contribution is -0.162. The maximum Gasteiger partial charge on any atom is 0.433 e. The van der Waals surface area contributed by atoms with Gasteiger partial charge in [0.05, 0.1) is 6.54 Å². The van der Waals surface area contributed by atoms with Crippen molar-refractivity contribution in [1.82, 2.24) is 14.9 Å². The molecular weight excluding hydrogens is 360 g/mol. The molecule has 1 saturated heterocycles. The molecule has 1 aliphatic rings. The van der Waals surface area contributed by atoms with Gasteiger partial charge >= 0.3 is 24.5 Å². The molecule has 0 aliphatic carbocycles. The number of amides is 1. The quantitative estimate of drug-likeness (QED) is 0.762. The lowest BCUT2D eigenvalue weighted by Gasteiger charge is -2.31. The average Bonchev–Trinajstić information content (AvgIpc) is 2.51. The molecule has 0 bridgehead atoms. The minimum atomic E-state index is -4.67. The molecule has 2 heterocycles. The standard InChI is InChI=1S/C13H13F6N3O3/c14-12(15,16)7-24-11(23)22-5-1-2-8(6-22)25-10-20-4-3-9(21-10)13(17,18)19/h3-4,8H,1-2,5-7H2. The molecule has 1 atom stereocenters. The molecule has 1 aromatic heterocycles. The topological polar surface area (TPSA) is 64.5 Å². The molecule has 1 aromatic rings. The normalized spacial score (nSPS) is 18.8. The van der Waals surface area contributed by atoms with Gasteiger partial charge in [0.1, 0.15) is 6.10 Å². The van der Waals surface area contributed by atoms with Crippen LogP contribution in [0.5, 0.6) is 6.01 Å². The fourth-order valence-electron chi connectivity index (χ4n) is 2.14. The van der Waals surface area contributed by atoms with Gasteiger partial charge in [0.25, 0.3) is 0 Å². The number of halogens is 6. The van der Waals surface area contributed by atoms with E-state index in [1.54, 1.807) is 0 Å². The van der Waals surface area contributed by atoms with E-state index in [9.17, 15) is 31.1 Å². The second kappa shape index (κ2) is 7.31. The summed E-state index contributed by atoms with van der Waals surface area (Å²) in [7, 11) is 0. The van der Waals surface area contributed by atoms with Crippen molar-refractivity contribution in [2.24, 2.45) is 0 Å². The van der Waals surface area contributed by atoms with Crippen molar-refractivity contribution in [2.75, 3.05) is 19.7 Å². The van der Waals surface area contributed by atoms with Crippen molar-refractivity contribution >= 4 is 6.09 Å². The highest BCUT2D eigenvalue weighted by Gasteiger charge is 2.34. The molecule has 25 heavy (non-hydrogen) atoms. The number of hydrogen-bond donors (Lipinski definition) is 0. The van der Waals surface area contributed by atoms with Gasteiger partial charge < -0.3 is 14.4 Å². The van der Waals surface area contributed by atoms with E-state index in [1.165, 1.54) is 0 Å². The first-order valence-corrected chi connectivity index (χ1v) is 7.10. The van der Waals surface area contributed by atoms with Gasteiger partial charge in [-0.25, -0.2) is 9.78 Å². The van der Waals surface area contributed by atoms with E-state index in [4.69, 9.17) is 4.74 Å². The third-order valence-corrected chi connectivity index (χ3v) is 3.19. The smallest absolute Gasteiger partial charge is 0.433 e. The maximum absolute atomic E-state index is 12.6. The van der Waals surface area contributed by atoms with Crippen molar-refractivity contribution in [3.63, 3.8) is 0 Å². The molecule has 1 fully saturated rings. The summed E-state index contributed by atoms with van der Waals surface area (Å²) < 4.78 is 83.3. The Morgan fingerprint density at radius 3 is 2.64 bits per heavy atom. The summed E-state index contributed by atoms with van der Waals surface area (Å²) in [6.45, 7) is -1.71. The van der Waals surface area contributed by atoms with Gasteiger partial charge in [0.2, 0.25) is 0 Å². The van der Waals surface area contributed by atoms with E-state index in [1.807, 2.05) is 0 Å². The number of hydrogen-bond acceptors (Lipinski definition) is 5. The summed E-state index contributed by atoms with van der Waals surface area (Å²) in [5, 5.41) is 0. The zero-order valence-corrected chi connectivity index (χ0v) is 12.6. The van der Waals surface area contributed by atoms with Crippen LogP contribution in [-0.2, 0) is 10.9 Å². The number of piperidine rings is 1. The number of carbonyl (C=O) groups is 1. The van der Waals surface area contributed by atoms with E-state index in [-0.39, 0.29) is 13.1 Å². The average molecular weight is 373 g/mol. The Morgan fingerprint density at radius 2 is 2.00 bits per heavy atom. The number of ether oxygens (including phenoxy) is 2. The summed E-state index contributed by atoms with van der Waals surface area (Å²) in [6.07, 6.45) is -9.60. The first-order chi connectivity index (χ1) is 11.5. The minimum Gasteiger partial charge on any atom is -0.458 e. The highest BCUT2D eigenvalue weighted by molar-refractivity contribution is 5.67. The fourth-order valence-corrected chi connectivity index (χ4v) is 2.14. The Hall–Kier alpha value is -2.27. The first-order valence-electron chi connectivity index (χ1n) is 7.10. The Kier molecular flexibility index (Phi) is 5.58. The van der Waals surface area contributed by atoms with Gasteiger partial charge in [-0.05, 0) is 18.9 Å². The molecule has 0 N–H and O–H groups in total. The Labute approximate surface area is 137 Å². The first kappa shape index (κ1) is 19.1. The number of nitrogens with zero attached hydrogens (tertiary/aromatic N) is 3. The molecule has 140 valence electrons. The SMILES string of the molecule is O=C(OCC(F)(F)F)N1CCCC(Oc2nccc(C(F)(F)F)n2)C1. The van der Waals surface area contributed by atoms with Crippen molar-refractivity contribution in [3.05, 3.63) is 18.0 Å². The number of alkyl halides is 6. The molecule has 6 nitrogen and oxygen atoms in total. The van der Waals surface area contributed by atoms with Gasteiger partial charge in [-0.1, -0.05) is 0 Å². The van der Waals surface area contributed by atoms with Crippen LogP contribution in [0.3, 0.4) is 0 Å². The van der Waals surface area contributed by atoms with Crippen LogP contribution in [0.4, 0.5) is 31.1 Å². The highest BCUT2D eigenvalue weighted by atomic mass is 19.4. The minimum absolute atomic E-state index is 0.143. The second-order valence-corrected chi connectivity index (χ2v) is 5.22. The number of carbonyl (C=O) groups excluding carboxylic acids is 1. The molecular formula is C13H13F6N3O3. The summed E-state index contributed by atoms with van der Waals surface area (Å²) in [5.74, 6) is 0. The molecule has 1 aliphatic heterocycles. The van der Waals surface area contributed by atoms with Crippen LogP contribution in [0.25, 0.3) is 0 Å². The van der Waals surface area contributed by atoms with E-state index >= 15 is 0 Å². The summed E-state index contributed by atoms with van der Waals surface area (Å²) in [4.78, 5) is 19.4. The molecule has 0 saturated carbocycles. The number of likely N-dealkylation sites (tertiary alicyclic amines) is 1. The van der Waals surface area contributed by atoms with Crippen LogP contribution in [0.1, 0.15) is 18.5 Å². The van der Waals surface area contributed by atoms with Gasteiger partial charge in [-0.2, -0.15) is 31.3 Å². The van der Waals surface area contributed by atoms with Crippen molar-refractivity contribution in [1.29, 1.82) is 0 Å². The molecule has 2 rings (SSSR count). The Balaban J connectivity index is 1.94. The van der Waals surface area contributed by atoms with Crippen LogP contribution < -0.4 is 4.74 Å². The van der Waals surface area contributed by atoms with Gasteiger partial charge in [-0.3, -0.25) is 0 Å². The third kappa shape index (κ3) is 5.94. The maximum atomic E-state index is 12.6. The largest absolute Gasteiger partial charge is 0.458 e. The summed E-state index contributed by atoms with van der Waals surface area (Å²) in [5.41, 5.74) is -1.19. The second-order valence-electron chi connectivity index (χ2n) is 5.22. The van der Waals surface area contributed by atoms with E-state index in [0.29, 0.717) is 18.9 Å². The Morgan fingerprint density at radius 1 is 1.28 bits per heavy atom. The lowest BCUT2D eigenvalue weighted by Crippen LogP contribution is -2.45. The van der Waals surface area contributed by atoms with Crippen molar-refractivity contribution in [3.8, 4) is 6.01 Å². The lowest BCUT2D eigenvalue weighted by atomic mass is 10.1. The molecule has 12 heteroatoms. The fraction of sp³-hybridized carbons (Fsp3) is 0.615. The highest BCUT2D eigenvalue weighted by Crippen LogP contribution is 2.28. The van der Waals surface area contributed by atoms with Crippen LogP contribution in [-0.4, -0.2) is 52.9 Å². The van der Waals surface area contributed by atoms with E-state index in [0.717, 1.165) is 11.1 Å². The molecule has 0 radical (unpaired) electrons. The number of aromatic nitrogens is 2. The Bertz CT molecular complexity index is 607. The van der Waals surface area contributed by atoms with Crippen LogP contribution in [0, 0.1) is 0 Å². The molecule has 1 amide bonds. The predicted octanol–water partition coefficient (Wildman–Crippen LogP) is 3.04. The van der Waals surface area contributed by atoms with E-state index in [2.05, 4.69) is 14.7 Å². The van der Waals surface area contributed by atoms with Crippen LogP contribution in [0.2, 0.25) is 0 Å². The predicted molar refractivity (Wildman–Crippen MR) is 69.7 cm³/mol. The molecule has 1 unspecified atom stereocenters. The summed E-state index contributed by atoms with van der Waals surface area (Å²) in [6, 6.07) is 0.152. The van der Waals surface area contributed by atoms with Crippen molar-refractivity contribution in [2.45, 2.75) is 31.3 Å². The van der Waals surface area contributed by atoms with Gasteiger partial charge in [-0.15, -0.1) is 0 Å². The zero-order chi connectivity index (χ0) is 18.7. The van der Waals surface area contributed by atoms with Gasteiger partial charge in [0.15, 0.2) is 12.3 Å². The molecule has 0 spiro atoms. The molecule has 0 aromatic carbocycles. The van der Waals surface area contributed by atoms with Crippen LogP contribution >= 0.6 is 0 Å². The van der Waals surface area contributed by atoms with Gasteiger partial charge in [0, 0.05) is 12.7 Å². The number of rotatable bonds is 3.